The third-order valence-electron chi connectivity index (χ3n) is 6.18. The van der Waals surface area contributed by atoms with Crippen molar-refractivity contribution in [2.75, 3.05) is 27.3 Å². The second kappa shape index (κ2) is 9.94. The van der Waals surface area contributed by atoms with Gasteiger partial charge in [0.15, 0.2) is 5.75 Å². The van der Waals surface area contributed by atoms with E-state index < -0.39 is 0 Å². The van der Waals surface area contributed by atoms with Crippen LogP contribution in [0.5, 0.6) is 11.6 Å². The van der Waals surface area contributed by atoms with Crippen LogP contribution in [0.1, 0.15) is 44.3 Å². The van der Waals surface area contributed by atoms with Crippen LogP contribution < -0.4 is 14.8 Å². The maximum atomic E-state index is 13.3. The van der Waals surface area contributed by atoms with Crippen molar-refractivity contribution in [3.05, 3.63) is 71.2 Å². The predicted molar refractivity (Wildman–Crippen MR) is 126 cm³/mol. The van der Waals surface area contributed by atoms with Crippen LogP contribution in [0.15, 0.2) is 48.8 Å². The fourth-order valence-electron chi connectivity index (χ4n) is 4.45. The normalized spacial score (nSPS) is 17.8. The summed E-state index contributed by atoms with van der Waals surface area (Å²) >= 11 is 0. The summed E-state index contributed by atoms with van der Waals surface area (Å²) in [6, 6.07) is 11.5. The SMILES string of the molecule is COc1cc(C(=O)N2CC[C@@H](NC(=O)c3cn(C)nc3C)[C@@H](c3ccccc3)C2)cnc1OC. The minimum absolute atomic E-state index is 0.0621. The van der Waals surface area contributed by atoms with Crippen LogP contribution in [-0.4, -0.2) is 64.8 Å². The lowest BCUT2D eigenvalue weighted by atomic mass is 9.85. The highest BCUT2D eigenvalue weighted by atomic mass is 16.5. The molecule has 4 rings (SSSR count). The van der Waals surface area contributed by atoms with E-state index >= 15 is 0 Å². The van der Waals surface area contributed by atoms with Crippen molar-refractivity contribution < 1.29 is 19.1 Å². The summed E-state index contributed by atoms with van der Waals surface area (Å²) in [5.41, 5.74) is 2.74. The van der Waals surface area contributed by atoms with Gasteiger partial charge in [0, 0.05) is 50.6 Å². The van der Waals surface area contributed by atoms with Crippen molar-refractivity contribution in [1.82, 2.24) is 25.0 Å². The van der Waals surface area contributed by atoms with Crippen molar-refractivity contribution in [3.63, 3.8) is 0 Å². The van der Waals surface area contributed by atoms with Crippen molar-refractivity contribution >= 4 is 11.8 Å². The maximum absolute atomic E-state index is 13.3. The summed E-state index contributed by atoms with van der Waals surface area (Å²) in [4.78, 5) is 32.3. The Kier molecular flexibility index (Phi) is 6.81. The number of amides is 2. The molecule has 9 nitrogen and oxygen atoms in total. The Morgan fingerprint density at radius 1 is 1.15 bits per heavy atom. The molecule has 0 radical (unpaired) electrons. The summed E-state index contributed by atoms with van der Waals surface area (Å²) in [5, 5.41) is 7.47. The first-order valence-corrected chi connectivity index (χ1v) is 11.1. The van der Waals surface area contributed by atoms with Crippen molar-refractivity contribution in [2.45, 2.75) is 25.3 Å². The number of nitrogens with one attached hydrogen (secondary N) is 1. The monoisotopic (exact) mass is 463 g/mol. The molecule has 1 N–H and O–H groups in total. The zero-order valence-electron chi connectivity index (χ0n) is 19.8. The fourth-order valence-corrected chi connectivity index (χ4v) is 4.45. The van der Waals surface area contributed by atoms with Gasteiger partial charge in [0.2, 0.25) is 0 Å². The number of pyridine rings is 1. The standard InChI is InChI=1S/C25H29N5O4/c1-16-19(14-29(2)28-16)23(31)27-21-10-11-30(15-20(21)17-8-6-5-7-9-17)25(32)18-12-22(33-3)24(34-4)26-13-18/h5-9,12-14,20-21H,10-11,15H2,1-4H3,(H,27,31)/t20-,21-/m1/s1. The number of carbonyl (C=O) groups excluding carboxylic acids is 2. The van der Waals surface area contributed by atoms with Gasteiger partial charge < -0.3 is 19.7 Å². The Balaban J connectivity index is 1.56. The van der Waals surface area contributed by atoms with E-state index in [0.29, 0.717) is 48.0 Å². The second-order valence-electron chi connectivity index (χ2n) is 8.37. The number of carbonyl (C=O) groups is 2. The number of likely N-dealkylation sites (tertiary alicyclic amines) is 1. The Hall–Kier alpha value is -3.88. The highest BCUT2D eigenvalue weighted by Crippen LogP contribution is 2.30. The van der Waals surface area contributed by atoms with E-state index in [1.54, 1.807) is 28.9 Å². The maximum Gasteiger partial charge on any atom is 0.256 e. The van der Waals surface area contributed by atoms with E-state index in [9.17, 15) is 9.59 Å². The van der Waals surface area contributed by atoms with Gasteiger partial charge in [-0.25, -0.2) is 4.98 Å². The second-order valence-corrected chi connectivity index (χ2v) is 8.37. The summed E-state index contributed by atoms with van der Waals surface area (Å²) in [6.45, 7) is 2.80. The Bertz CT molecular complexity index is 1180. The molecule has 1 fully saturated rings. The van der Waals surface area contributed by atoms with E-state index in [-0.39, 0.29) is 23.8 Å². The number of rotatable bonds is 6. The lowest BCUT2D eigenvalue weighted by Crippen LogP contribution is -2.51. The van der Waals surface area contributed by atoms with Gasteiger partial charge in [-0.2, -0.15) is 5.10 Å². The number of aromatic nitrogens is 3. The summed E-state index contributed by atoms with van der Waals surface area (Å²) in [6.07, 6.45) is 3.85. The van der Waals surface area contributed by atoms with E-state index in [4.69, 9.17) is 9.47 Å². The van der Waals surface area contributed by atoms with Crippen molar-refractivity contribution in [3.8, 4) is 11.6 Å². The molecular weight excluding hydrogens is 434 g/mol. The largest absolute Gasteiger partial charge is 0.491 e. The quantitative estimate of drug-likeness (QED) is 0.603. The molecule has 1 aliphatic rings. The van der Waals surface area contributed by atoms with Gasteiger partial charge in [0.25, 0.3) is 17.7 Å². The summed E-state index contributed by atoms with van der Waals surface area (Å²) < 4.78 is 12.1. The number of nitrogens with zero attached hydrogens (tertiary/aromatic N) is 4. The number of hydrogen-bond acceptors (Lipinski definition) is 6. The number of piperidine rings is 1. The van der Waals surface area contributed by atoms with Crippen molar-refractivity contribution in [2.24, 2.45) is 7.05 Å². The van der Waals surface area contributed by atoms with Gasteiger partial charge in [0.05, 0.1) is 31.0 Å². The van der Waals surface area contributed by atoms with Gasteiger partial charge in [-0.15, -0.1) is 0 Å². The Morgan fingerprint density at radius 3 is 2.56 bits per heavy atom. The van der Waals surface area contributed by atoms with Crippen LogP contribution in [0.3, 0.4) is 0 Å². The number of methoxy groups -OCH3 is 2. The fraction of sp³-hybridized carbons (Fsp3) is 0.360. The van der Waals surface area contributed by atoms with Crippen LogP contribution in [0.2, 0.25) is 0 Å². The van der Waals surface area contributed by atoms with E-state index in [0.717, 1.165) is 5.56 Å². The zero-order chi connectivity index (χ0) is 24.2. The van der Waals surface area contributed by atoms with Crippen LogP contribution in [0, 0.1) is 6.92 Å². The molecule has 2 aromatic heterocycles. The van der Waals surface area contributed by atoms with Crippen LogP contribution in [0.4, 0.5) is 0 Å². The topological polar surface area (TPSA) is 98.6 Å². The minimum Gasteiger partial charge on any atom is -0.491 e. The Morgan fingerprint density at radius 2 is 1.91 bits per heavy atom. The molecule has 0 saturated carbocycles. The van der Waals surface area contributed by atoms with Crippen LogP contribution >= 0.6 is 0 Å². The highest BCUT2D eigenvalue weighted by Gasteiger charge is 2.34. The average Bonchev–Trinajstić information content (AvgIpc) is 3.21. The number of benzene rings is 1. The first-order chi connectivity index (χ1) is 16.4. The third kappa shape index (κ3) is 4.73. The molecule has 0 bridgehead atoms. The molecule has 1 aliphatic heterocycles. The molecule has 1 saturated heterocycles. The van der Waals surface area contributed by atoms with E-state index in [1.807, 2.05) is 37.3 Å². The molecule has 34 heavy (non-hydrogen) atoms. The number of aryl methyl sites for hydroxylation is 2. The van der Waals surface area contributed by atoms with Crippen LogP contribution in [0.25, 0.3) is 0 Å². The van der Waals surface area contributed by atoms with Crippen LogP contribution in [-0.2, 0) is 7.05 Å². The minimum atomic E-state index is -0.152. The number of hydrogen-bond donors (Lipinski definition) is 1. The van der Waals surface area contributed by atoms with Gasteiger partial charge in [-0.05, 0) is 18.9 Å². The molecule has 0 spiro atoms. The highest BCUT2D eigenvalue weighted by molar-refractivity contribution is 5.96. The average molecular weight is 464 g/mol. The Labute approximate surface area is 198 Å². The molecule has 3 aromatic rings. The zero-order valence-corrected chi connectivity index (χ0v) is 19.8. The predicted octanol–water partition coefficient (Wildman–Crippen LogP) is 2.57. The van der Waals surface area contributed by atoms with Gasteiger partial charge in [-0.3, -0.25) is 14.3 Å². The van der Waals surface area contributed by atoms with Crippen molar-refractivity contribution in [1.29, 1.82) is 0 Å². The molecule has 178 valence electrons. The van der Waals surface area contributed by atoms with E-state index in [2.05, 4.69) is 15.4 Å². The summed E-state index contributed by atoms with van der Waals surface area (Å²) in [5.74, 6) is 0.380. The molecule has 9 heteroatoms. The van der Waals surface area contributed by atoms with Gasteiger partial charge >= 0.3 is 0 Å². The van der Waals surface area contributed by atoms with E-state index in [1.165, 1.54) is 20.4 Å². The molecule has 3 heterocycles. The first-order valence-electron chi connectivity index (χ1n) is 11.1. The molecule has 0 unspecified atom stereocenters. The lowest BCUT2D eigenvalue weighted by molar-refractivity contribution is 0.0670. The smallest absolute Gasteiger partial charge is 0.256 e. The lowest BCUT2D eigenvalue weighted by Gasteiger charge is -2.39. The first kappa shape index (κ1) is 23.3. The molecule has 2 atom stereocenters. The molecule has 0 aliphatic carbocycles. The third-order valence-corrected chi connectivity index (χ3v) is 6.18. The molecular formula is C25H29N5O4. The van der Waals surface area contributed by atoms with Gasteiger partial charge in [0.1, 0.15) is 0 Å². The number of ether oxygens (including phenoxy) is 2. The summed E-state index contributed by atoms with van der Waals surface area (Å²) in [7, 11) is 4.81. The molecule has 2 amide bonds. The molecule has 1 aromatic carbocycles. The van der Waals surface area contributed by atoms with Gasteiger partial charge in [-0.1, -0.05) is 30.3 Å².